The second kappa shape index (κ2) is 5.49. The number of anilines is 1. The summed E-state index contributed by atoms with van der Waals surface area (Å²) in [6.07, 6.45) is 0. The fourth-order valence-corrected chi connectivity index (χ4v) is 2.39. The van der Waals surface area contributed by atoms with Gasteiger partial charge < -0.3 is 9.80 Å². The van der Waals surface area contributed by atoms with Gasteiger partial charge in [-0.1, -0.05) is 39.9 Å². The Morgan fingerprint density at radius 1 is 1.17 bits per heavy atom. The van der Waals surface area contributed by atoms with E-state index in [9.17, 15) is 4.79 Å². The molecule has 4 heteroatoms. The molecule has 1 aromatic carbocycles. The highest BCUT2D eigenvalue weighted by atomic mass is 32.1. The fraction of sp³-hybridized carbons (Fsp3) is 0.714. The number of likely N-dealkylation sites (N-methyl/N-ethyl adjacent to an activating group) is 2. The second-order valence-electron chi connectivity index (χ2n) is 5.95. The van der Waals surface area contributed by atoms with Crippen LogP contribution in [0.1, 0.15) is 33.3 Å². The molecule has 0 unspecified atom stereocenters. The maximum atomic E-state index is 11.9. The molecule has 0 aliphatic carbocycles. The summed E-state index contributed by atoms with van der Waals surface area (Å²) in [7, 11) is 4.11. The zero-order valence-corrected chi connectivity index (χ0v) is 13.1. The van der Waals surface area contributed by atoms with Crippen molar-refractivity contribution in [2.75, 3.05) is 38.6 Å². The van der Waals surface area contributed by atoms with E-state index >= 15 is 0 Å². The van der Waals surface area contributed by atoms with E-state index in [0.29, 0.717) is 4.51 Å². The molecule has 0 saturated heterocycles. The lowest BCUT2D eigenvalue weighted by Crippen LogP contribution is -2.38. The maximum absolute atomic E-state index is 11.9. The highest BCUT2D eigenvalue weighted by Gasteiger charge is 2.29. The van der Waals surface area contributed by atoms with Crippen LogP contribution >= 0.6 is 12.2 Å². The van der Waals surface area contributed by atoms with Gasteiger partial charge in [0.2, 0.25) is 5.43 Å². The van der Waals surface area contributed by atoms with Crippen LogP contribution in [0.15, 0.2) is 4.79 Å². The summed E-state index contributed by atoms with van der Waals surface area (Å²) in [6.45, 7) is 11.2. The van der Waals surface area contributed by atoms with Crippen molar-refractivity contribution in [2.45, 2.75) is 33.1 Å². The second-order valence-corrected chi connectivity index (χ2v) is 6.36. The van der Waals surface area contributed by atoms with Crippen molar-refractivity contribution in [3.05, 3.63) is 20.3 Å². The van der Waals surface area contributed by atoms with Crippen molar-refractivity contribution >= 4 is 17.9 Å². The third-order valence-corrected chi connectivity index (χ3v) is 3.75. The van der Waals surface area contributed by atoms with Gasteiger partial charge in [0.25, 0.3) is 0 Å². The molecule has 0 fully saturated rings. The first kappa shape index (κ1) is 15.3. The van der Waals surface area contributed by atoms with E-state index in [1.165, 1.54) is 0 Å². The molecule has 18 heavy (non-hydrogen) atoms. The third kappa shape index (κ3) is 2.98. The number of nitrogens with zero attached hydrogens (tertiary/aromatic N) is 2. The van der Waals surface area contributed by atoms with Crippen LogP contribution in [0.4, 0.5) is 5.69 Å². The fourth-order valence-electron chi connectivity index (χ4n) is 2.03. The minimum absolute atomic E-state index is 0.0585. The van der Waals surface area contributed by atoms with Gasteiger partial charge in [-0.2, -0.15) is 0 Å². The minimum Gasteiger partial charge on any atom is -0.372 e. The number of hydrogen-bond acceptors (Lipinski definition) is 4. The van der Waals surface area contributed by atoms with Gasteiger partial charge in [-0.15, -0.1) is 0 Å². The molecule has 0 atom stereocenters. The van der Waals surface area contributed by atoms with Crippen LogP contribution in [-0.2, 0) is 5.41 Å². The highest BCUT2D eigenvalue weighted by molar-refractivity contribution is 7.71. The van der Waals surface area contributed by atoms with Crippen molar-refractivity contribution in [3.63, 3.8) is 0 Å². The average molecular weight is 268 g/mol. The Balaban J connectivity index is 2.88. The van der Waals surface area contributed by atoms with Gasteiger partial charge in [-0.3, -0.25) is 4.79 Å². The largest absolute Gasteiger partial charge is 0.372 e. The molecule has 0 spiro atoms. The Labute approximate surface area is 115 Å². The molecule has 0 bridgehead atoms. The lowest BCUT2D eigenvalue weighted by Gasteiger charge is -2.31. The monoisotopic (exact) mass is 268 g/mol. The molecule has 0 radical (unpaired) electrons. The molecule has 102 valence electrons. The smallest absolute Gasteiger partial charge is 0.204 e. The summed E-state index contributed by atoms with van der Waals surface area (Å²) in [5.74, 6) is 0. The predicted octanol–water partition coefficient (Wildman–Crippen LogP) is 2.34. The SMILES string of the molecule is CCN(C)CCN(C)c1c(C(C)(C)C)c(=O)c1=S. The third-order valence-electron chi connectivity index (χ3n) is 3.37. The Kier molecular flexibility index (Phi) is 4.67. The summed E-state index contributed by atoms with van der Waals surface area (Å²) < 4.78 is 0.501. The standard InChI is InChI=1S/C14H24N2OS/c1-7-15(5)8-9-16(6)11-10(14(2,3)4)12(17)13(11)18/h7-9H2,1-6H3. The van der Waals surface area contributed by atoms with Gasteiger partial charge in [-0.25, -0.2) is 0 Å². The number of hydrogen-bond donors (Lipinski definition) is 0. The lowest BCUT2D eigenvalue weighted by atomic mass is 9.82. The van der Waals surface area contributed by atoms with E-state index in [2.05, 4.69) is 44.5 Å². The quantitative estimate of drug-likeness (QED) is 0.765. The van der Waals surface area contributed by atoms with E-state index in [-0.39, 0.29) is 10.8 Å². The predicted molar refractivity (Wildman–Crippen MR) is 81.1 cm³/mol. The summed E-state index contributed by atoms with van der Waals surface area (Å²) in [5.41, 5.74) is 1.80. The molecule has 0 aromatic heterocycles. The van der Waals surface area contributed by atoms with Crippen molar-refractivity contribution in [1.29, 1.82) is 0 Å². The summed E-state index contributed by atoms with van der Waals surface area (Å²) in [5, 5.41) is 0. The average Bonchev–Trinajstić information content (AvgIpc) is 2.29. The Morgan fingerprint density at radius 2 is 1.72 bits per heavy atom. The van der Waals surface area contributed by atoms with Crippen molar-refractivity contribution in [1.82, 2.24) is 4.90 Å². The maximum Gasteiger partial charge on any atom is 0.204 e. The van der Waals surface area contributed by atoms with E-state index in [0.717, 1.165) is 30.9 Å². The van der Waals surface area contributed by atoms with Gasteiger partial charge in [0.1, 0.15) is 4.51 Å². The zero-order chi connectivity index (χ0) is 14.1. The first-order valence-electron chi connectivity index (χ1n) is 6.43. The summed E-state index contributed by atoms with van der Waals surface area (Å²) in [6, 6.07) is 0. The van der Waals surface area contributed by atoms with Gasteiger partial charge in [0.05, 0.1) is 5.69 Å². The Morgan fingerprint density at radius 3 is 2.17 bits per heavy atom. The number of rotatable bonds is 5. The molecule has 0 amide bonds. The Bertz CT molecular complexity index is 481. The summed E-state index contributed by atoms with van der Waals surface area (Å²) in [4.78, 5) is 16.3. The first-order valence-corrected chi connectivity index (χ1v) is 6.84. The van der Waals surface area contributed by atoms with Crippen molar-refractivity contribution in [3.8, 4) is 0 Å². The van der Waals surface area contributed by atoms with Crippen molar-refractivity contribution in [2.24, 2.45) is 0 Å². The molecule has 3 nitrogen and oxygen atoms in total. The molecule has 0 heterocycles. The van der Waals surface area contributed by atoms with Crippen LogP contribution in [0.25, 0.3) is 0 Å². The van der Waals surface area contributed by atoms with Gasteiger partial charge in [0, 0.05) is 25.7 Å². The molecule has 0 aliphatic rings. The van der Waals surface area contributed by atoms with E-state index in [1.807, 2.05) is 7.05 Å². The van der Waals surface area contributed by atoms with Crippen LogP contribution < -0.4 is 10.3 Å². The molecule has 1 rings (SSSR count). The van der Waals surface area contributed by atoms with Gasteiger partial charge >= 0.3 is 0 Å². The van der Waals surface area contributed by atoms with Crippen LogP contribution in [0.2, 0.25) is 0 Å². The van der Waals surface area contributed by atoms with E-state index in [4.69, 9.17) is 12.2 Å². The zero-order valence-electron chi connectivity index (χ0n) is 12.3. The molecule has 0 saturated carbocycles. The molecule has 0 aliphatic heterocycles. The normalized spacial score (nSPS) is 12.4. The Hall–Kier alpha value is -0.740. The van der Waals surface area contributed by atoms with Crippen LogP contribution in [0.5, 0.6) is 0 Å². The molecular weight excluding hydrogens is 244 g/mol. The van der Waals surface area contributed by atoms with Crippen LogP contribution in [0.3, 0.4) is 0 Å². The minimum atomic E-state index is -0.125. The highest BCUT2D eigenvalue weighted by Crippen LogP contribution is 2.32. The lowest BCUT2D eigenvalue weighted by molar-refractivity contribution is 0.360. The van der Waals surface area contributed by atoms with Crippen molar-refractivity contribution < 1.29 is 0 Å². The van der Waals surface area contributed by atoms with Gasteiger partial charge in [-0.05, 0) is 19.0 Å². The van der Waals surface area contributed by atoms with E-state index < -0.39 is 0 Å². The van der Waals surface area contributed by atoms with Gasteiger partial charge in [0.15, 0.2) is 0 Å². The van der Waals surface area contributed by atoms with E-state index in [1.54, 1.807) is 0 Å². The topological polar surface area (TPSA) is 23.6 Å². The molecular formula is C14H24N2OS. The first-order chi connectivity index (χ1) is 8.20. The summed E-state index contributed by atoms with van der Waals surface area (Å²) >= 11 is 5.20. The van der Waals surface area contributed by atoms with Crippen LogP contribution in [0, 0.1) is 4.51 Å². The molecule has 1 aromatic rings. The molecule has 0 N–H and O–H groups in total. The van der Waals surface area contributed by atoms with Crippen LogP contribution in [-0.4, -0.2) is 38.6 Å².